The highest BCUT2D eigenvalue weighted by molar-refractivity contribution is 6.31. The number of nitrogens with zero attached hydrogens (tertiary/aromatic N) is 1. The highest BCUT2D eigenvalue weighted by Gasteiger charge is 2.20. The van der Waals surface area contributed by atoms with E-state index < -0.39 is 11.7 Å². The summed E-state index contributed by atoms with van der Waals surface area (Å²) in [5, 5.41) is 12.0. The third-order valence-corrected chi connectivity index (χ3v) is 4.14. The molecule has 3 aromatic rings. The minimum absolute atomic E-state index is 0.277. The lowest BCUT2D eigenvalue weighted by molar-refractivity contribution is 0.600. The van der Waals surface area contributed by atoms with E-state index in [0.29, 0.717) is 11.4 Å². The monoisotopic (exact) mass is 309 g/mol. The zero-order valence-electron chi connectivity index (χ0n) is 11.8. The van der Waals surface area contributed by atoms with Gasteiger partial charge in [-0.15, -0.1) is 0 Å². The van der Waals surface area contributed by atoms with Gasteiger partial charge in [0.1, 0.15) is 5.82 Å². The standard InChI is InChI=1S/C19H13ClFN/c20-17-9-4-10-18(21)19(17)15(12-22)11-14-7-3-6-13-5-1-2-8-16(13)14/h1-10,15H,11H2. The van der Waals surface area contributed by atoms with E-state index in [0.717, 1.165) is 16.3 Å². The Kier molecular flexibility index (Phi) is 4.09. The maximum Gasteiger partial charge on any atom is 0.129 e. The maximum atomic E-state index is 14.1. The molecule has 3 heteroatoms. The average Bonchev–Trinajstić information content (AvgIpc) is 2.54. The number of rotatable bonds is 3. The van der Waals surface area contributed by atoms with Gasteiger partial charge in [-0.1, -0.05) is 60.1 Å². The van der Waals surface area contributed by atoms with Crippen molar-refractivity contribution in [2.24, 2.45) is 0 Å². The van der Waals surface area contributed by atoms with E-state index in [9.17, 15) is 9.65 Å². The minimum Gasteiger partial charge on any atom is -0.207 e. The Hall–Kier alpha value is -2.37. The van der Waals surface area contributed by atoms with E-state index in [1.54, 1.807) is 12.1 Å². The summed E-state index contributed by atoms with van der Waals surface area (Å²) in [6.07, 6.45) is 0.429. The molecule has 0 aliphatic heterocycles. The molecule has 0 amide bonds. The van der Waals surface area contributed by atoms with Crippen LogP contribution in [0.25, 0.3) is 10.8 Å². The summed E-state index contributed by atoms with van der Waals surface area (Å²) in [6, 6.07) is 20.6. The molecule has 1 atom stereocenters. The largest absolute Gasteiger partial charge is 0.207 e. The molecule has 3 aromatic carbocycles. The van der Waals surface area contributed by atoms with Crippen LogP contribution in [0, 0.1) is 17.1 Å². The van der Waals surface area contributed by atoms with Crippen LogP contribution in [0.5, 0.6) is 0 Å². The molecule has 0 heterocycles. The fourth-order valence-electron chi connectivity index (χ4n) is 2.75. The summed E-state index contributed by atoms with van der Waals surface area (Å²) >= 11 is 6.10. The lowest BCUT2D eigenvalue weighted by atomic mass is 9.90. The topological polar surface area (TPSA) is 23.8 Å². The molecule has 0 fully saturated rings. The van der Waals surface area contributed by atoms with E-state index in [1.165, 1.54) is 6.07 Å². The predicted octanol–water partition coefficient (Wildman–Crippen LogP) is 5.48. The van der Waals surface area contributed by atoms with Crippen LogP contribution >= 0.6 is 11.6 Å². The average molecular weight is 310 g/mol. The van der Waals surface area contributed by atoms with E-state index in [-0.39, 0.29) is 5.56 Å². The Bertz CT molecular complexity index is 841. The van der Waals surface area contributed by atoms with Gasteiger partial charge >= 0.3 is 0 Å². The molecule has 1 nitrogen and oxygen atoms in total. The van der Waals surface area contributed by atoms with Gasteiger partial charge in [-0.3, -0.25) is 0 Å². The van der Waals surface area contributed by atoms with E-state index in [2.05, 4.69) is 6.07 Å². The van der Waals surface area contributed by atoms with E-state index in [1.807, 2.05) is 42.5 Å². The first-order chi connectivity index (χ1) is 10.7. The van der Waals surface area contributed by atoms with Crippen molar-refractivity contribution in [2.75, 3.05) is 0 Å². The Morgan fingerprint density at radius 2 is 1.73 bits per heavy atom. The van der Waals surface area contributed by atoms with Crippen LogP contribution in [-0.4, -0.2) is 0 Å². The molecule has 108 valence electrons. The summed E-state index contributed by atoms with van der Waals surface area (Å²) in [4.78, 5) is 0. The molecular weight excluding hydrogens is 297 g/mol. The molecule has 1 unspecified atom stereocenters. The van der Waals surface area contributed by atoms with Crippen molar-refractivity contribution in [1.29, 1.82) is 5.26 Å². The van der Waals surface area contributed by atoms with Crippen molar-refractivity contribution in [1.82, 2.24) is 0 Å². The van der Waals surface area contributed by atoms with Gasteiger partial charge < -0.3 is 0 Å². The van der Waals surface area contributed by atoms with Gasteiger partial charge in [0.15, 0.2) is 0 Å². The lowest BCUT2D eigenvalue weighted by Gasteiger charge is -2.14. The first-order valence-corrected chi connectivity index (χ1v) is 7.38. The first kappa shape index (κ1) is 14.6. The molecule has 0 radical (unpaired) electrons. The molecule has 0 bridgehead atoms. The molecule has 0 spiro atoms. The smallest absolute Gasteiger partial charge is 0.129 e. The van der Waals surface area contributed by atoms with Crippen molar-refractivity contribution in [2.45, 2.75) is 12.3 Å². The highest BCUT2D eigenvalue weighted by atomic mass is 35.5. The number of benzene rings is 3. The third kappa shape index (κ3) is 2.68. The van der Waals surface area contributed by atoms with Gasteiger partial charge in [-0.2, -0.15) is 5.26 Å². The fourth-order valence-corrected chi connectivity index (χ4v) is 3.04. The number of hydrogen-bond acceptors (Lipinski definition) is 1. The predicted molar refractivity (Wildman–Crippen MR) is 87.4 cm³/mol. The van der Waals surface area contributed by atoms with Gasteiger partial charge in [0, 0.05) is 10.6 Å². The molecule has 0 aliphatic rings. The number of halogens is 2. The van der Waals surface area contributed by atoms with Gasteiger partial charge in [-0.05, 0) is 34.9 Å². The summed E-state index contributed by atoms with van der Waals surface area (Å²) in [5.74, 6) is -1.04. The second-order valence-electron chi connectivity index (χ2n) is 5.16. The molecule has 22 heavy (non-hydrogen) atoms. The molecule has 0 aromatic heterocycles. The van der Waals surface area contributed by atoms with Crippen molar-refractivity contribution in [3.63, 3.8) is 0 Å². The molecular formula is C19H13ClFN. The summed E-state index contributed by atoms with van der Waals surface area (Å²) in [7, 11) is 0. The Balaban J connectivity index is 2.05. The Morgan fingerprint density at radius 1 is 1.00 bits per heavy atom. The van der Waals surface area contributed by atoms with E-state index in [4.69, 9.17) is 11.6 Å². The summed E-state index contributed by atoms with van der Waals surface area (Å²) in [6.45, 7) is 0. The Labute approximate surface area is 133 Å². The highest BCUT2D eigenvalue weighted by Crippen LogP contribution is 2.31. The van der Waals surface area contributed by atoms with Crippen molar-refractivity contribution < 1.29 is 4.39 Å². The molecule has 0 saturated heterocycles. The van der Waals surface area contributed by atoms with Crippen molar-refractivity contribution >= 4 is 22.4 Å². The molecule has 3 rings (SSSR count). The molecule has 0 N–H and O–H groups in total. The lowest BCUT2D eigenvalue weighted by Crippen LogP contribution is -2.04. The van der Waals surface area contributed by atoms with Crippen LogP contribution in [0.3, 0.4) is 0 Å². The van der Waals surface area contributed by atoms with Crippen LogP contribution < -0.4 is 0 Å². The zero-order valence-corrected chi connectivity index (χ0v) is 12.5. The normalized spacial score (nSPS) is 12.0. The van der Waals surface area contributed by atoms with Crippen LogP contribution in [0.4, 0.5) is 4.39 Å². The molecule has 0 saturated carbocycles. The van der Waals surface area contributed by atoms with E-state index >= 15 is 0 Å². The zero-order chi connectivity index (χ0) is 15.5. The van der Waals surface area contributed by atoms with Crippen LogP contribution in [-0.2, 0) is 6.42 Å². The SMILES string of the molecule is N#CC(Cc1cccc2ccccc12)c1c(F)cccc1Cl. The van der Waals surface area contributed by atoms with Gasteiger partial charge in [0.05, 0.1) is 12.0 Å². The number of hydrogen-bond donors (Lipinski definition) is 0. The van der Waals surface area contributed by atoms with Crippen LogP contribution in [0.15, 0.2) is 60.7 Å². The Morgan fingerprint density at radius 3 is 2.50 bits per heavy atom. The second-order valence-corrected chi connectivity index (χ2v) is 5.57. The summed E-state index contributed by atoms with van der Waals surface area (Å²) in [5.41, 5.74) is 1.29. The third-order valence-electron chi connectivity index (χ3n) is 3.81. The maximum absolute atomic E-state index is 14.1. The van der Waals surface area contributed by atoms with Crippen LogP contribution in [0.2, 0.25) is 5.02 Å². The van der Waals surface area contributed by atoms with Crippen LogP contribution in [0.1, 0.15) is 17.0 Å². The van der Waals surface area contributed by atoms with Crippen molar-refractivity contribution in [3.8, 4) is 6.07 Å². The first-order valence-electron chi connectivity index (χ1n) is 7.01. The molecule has 0 aliphatic carbocycles. The van der Waals surface area contributed by atoms with Gasteiger partial charge in [0.25, 0.3) is 0 Å². The van der Waals surface area contributed by atoms with Gasteiger partial charge in [0.2, 0.25) is 0 Å². The summed E-state index contributed by atoms with van der Waals surface area (Å²) < 4.78 is 14.1. The minimum atomic E-state index is -0.612. The van der Waals surface area contributed by atoms with Gasteiger partial charge in [-0.25, -0.2) is 4.39 Å². The van der Waals surface area contributed by atoms with Crippen molar-refractivity contribution in [3.05, 3.63) is 82.6 Å². The number of fused-ring (bicyclic) bond motifs is 1. The second kappa shape index (κ2) is 6.17. The fraction of sp³-hybridized carbons (Fsp3) is 0.105. The quantitative estimate of drug-likeness (QED) is 0.628. The number of nitriles is 1.